The number of halogens is 4. The van der Waals surface area contributed by atoms with Crippen LogP contribution in [0.15, 0.2) is 53.5 Å². The van der Waals surface area contributed by atoms with Gasteiger partial charge in [-0.1, -0.05) is 36.4 Å². The molecule has 28 heavy (non-hydrogen) atoms. The maximum atomic E-state index is 14.2. The van der Waals surface area contributed by atoms with Crippen LogP contribution in [0.5, 0.6) is 0 Å². The van der Waals surface area contributed by atoms with E-state index in [2.05, 4.69) is 22.0 Å². The third-order valence-corrected chi connectivity index (χ3v) is 4.78. The highest BCUT2D eigenvalue weighted by atomic mass is 19.4. The standard InChI is InChI=1S/C20H22F4N4/c1-2-28(15-12-27(13-15)11-14-7-4-3-5-8-14)19(25)26-17-10-6-9-16(18(17)21)20(22,23)24/h3-10,15H,2,11-13H2,1H3,(H2,25,26). The molecule has 2 N–H and O–H groups in total. The smallest absolute Gasteiger partial charge is 0.369 e. The number of likely N-dealkylation sites (N-methyl/N-ethyl adjacent to an activating group) is 1. The summed E-state index contributed by atoms with van der Waals surface area (Å²) in [5, 5.41) is 0. The summed E-state index contributed by atoms with van der Waals surface area (Å²) < 4.78 is 52.8. The summed E-state index contributed by atoms with van der Waals surface area (Å²) in [6.45, 7) is 4.73. The lowest BCUT2D eigenvalue weighted by atomic mass is 10.1. The molecule has 8 heteroatoms. The lowest BCUT2D eigenvalue weighted by Gasteiger charge is -2.45. The molecule has 3 rings (SSSR count). The molecule has 2 aromatic carbocycles. The fraction of sp³-hybridized carbons (Fsp3) is 0.350. The van der Waals surface area contributed by atoms with Gasteiger partial charge in [0.15, 0.2) is 11.8 Å². The van der Waals surface area contributed by atoms with Gasteiger partial charge in [0, 0.05) is 26.2 Å². The Hall–Kier alpha value is -2.61. The molecule has 0 aliphatic carbocycles. The minimum absolute atomic E-state index is 0.0186. The average molecular weight is 394 g/mol. The molecule has 0 amide bonds. The number of benzene rings is 2. The molecule has 0 saturated carbocycles. The van der Waals surface area contributed by atoms with Crippen molar-refractivity contribution in [2.24, 2.45) is 10.7 Å². The van der Waals surface area contributed by atoms with Crippen molar-refractivity contribution in [1.29, 1.82) is 0 Å². The molecule has 1 fully saturated rings. The third kappa shape index (κ3) is 4.44. The van der Waals surface area contributed by atoms with Gasteiger partial charge in [-0.25, -0.2) is 9.38 Å². The number of nitrogens with two attached hydrogens (primary N) is 1. The van der Waals surface area contributed by atoms with Crippen LogP contribution in [-0.4, -0.2) is 41.4 Å². The molecular formula is C20H22F4N4. The number of aliphatic imine (C=N–C) groups is 1. The van der Waals surface area contributed by atoms with Crippen LogP contribution in [0, 0.1) is 5.82 Å². The number of rotatable bonds is 5. The first-order chi connectivity index (χ1) is 13.3. The molecule has 1 heterocycles. The first-order valence-corrected chi connectivity index (χ1v) is 9.02. The number of hydrogen-bond acceptors (Lipinski definition) is 2. The first-order valence-electron chi connectivity index (χ1n) is 9.02. The number of hydrogen-bond donors (Lipinski definition) is 1. The second-order valence-electron chi connectivity index (χ2n) is 6.73. The Morgan fingerprint density at radius 2 is 1.82 bits per heavy atom. The van der Waals surface area contributed by atoms with Crippen molar-refractivity contribution in [2.45, 2.75) is 25.7 Å². The number of alkyl halides is 3. The maximum Gasteiger partial charge on any atom is 0.419 e. The summed E-state index contributed by atoms with van der Waals surface area (Å²) in [6, 6.07) is 13.1. The molecule has 0 atom stereocenters. The summed E-state index contributed by atoms with van der Waals surface area (Å²) in [7, 11) is 0. The molecule has 0 aromatic heterocycles. The molecule has 2 aromatic rings. The Kier molecular flexibility index (Phi) is 5.88. The van der Waals surface area contributed by atoms with Gasteiger partial charge in [-0.2, -0.15) is 13.2 Å². The highest BCUT2D eigenvalue weighted by Crippen LogP contribution is 2.34. The Morgan fingerprint density at radius 1 is 1.14 bits per heavy atom. The van der Waals surface area contributed by atoms with E-state index >= 15 is 0 Å². The van der Waals surface area contributed by atoms with Crippen molar-refractivity contribution in [3.63, 3.8) is 0 Å². The van der Waals surface area contributed by atoms with E-state index in [9.17, 15) is 17.6 Å². The summed E-state index contributed by atoms with van der Waals surface area (Å²) in [5.41, 5.74) is 5.46. The SMILES string of the molecule is CCN(C(N)=Nc1cccc(C(F)(F)F)c1F)C1CN(Cc2ccccc2)C1. The summed E-state index contributed by atoms with van der Waals surface area (Å²) in [5.74, 6) is -1.39. The third-order valence-electron chi connectivity index (χ3n) is 4.78. The van der Waals surface area contributed by atoms with Crippen LogP contribution < -0.4 is 5.73 Å². The van der Waals surface area contributed by atoms with Gasteiger partial charge >= 0.3 is 6.18 Å². The molecular weight excluding hydrogens is 372 g/mol. The van der Waals surface area contributed by atoms with Gasteiger partial charge in [0.1, 0.15) is 5.69 Å². The number of nitrogens with zero attached hydrogens (tertiary/aromatic N) is 3. The first kappa shape index (κ1) is 20.1. The lowest BCUT2D eigenvalue weighted by molar-refractivity contribution is -0.139. The van der Waals surface area contributed by atoms with E-state index in [1.165, 1.54) is 11.6 Å². The van der Waals surface area contributed by atoms with Crippen LogP contribution in [0.3, 0.4) is 0 Å². The van der Waals surface area contributed by atoms with E-state index in [4.69, 9.17) is 5.73 Å². The molecule has 150 valence electrons. The van der Waals surface area contributed by atoms with Crippen molar-refractivity contribution in [1.82, 2.24) is 9.80 Å². The zero-order valence-corrected chi connectivity index (χ0v) is 15.5. The highest BCUT2D eigenvalue weighted by molar-refractivity contribution is 5.81. The van der Waals surface area contributed by atoms with E-state index in [0.29, 0.717) is 12.6 Å². The summed E-state index contributed by atoms with van der Waals surface area (Å²) in [4.78, 5) is 7.97. The van der Waals surface area contributed by atoms with Crippen molar-refractivity contribution >= 4 is 11.6 Å². The number of guanidine groups is 1. The zero-order chi connectivity index (χ0) is 20.3. The molecule has 0 radical (unpaired) electrons. The van der Waals surface area contributed by atoms with Crippen LogP contribution in [-0.2, 0) is 12.7 Å². The minimum Gasteiger partial charge on any atom is -0.369 e. The second-order valence-corrected chi connectivity index (χ2v) is 6.73. The van der Waals surface area contributed by atoms with Gasteiger partial charge in [0.05, 0.1) is 11.6 Å². The van der Waals surface area contributed by atoms with Crippen LogP contribution >= 0.6 is 0 Å². The summed E-state index contributed by atoms with van der Waals surface area (Å²) >= 11 is 0. The Labute approximate surface area is 161 Å². The minimum atomic E-state index is -4.78. The lowest BCUT2D eigenvalue weighted by Crippen LogP contribution is -2.61. The van der Waals surface area contributed by atoms with E-state index < -0.39 is 23.2 Å². The largest absolute Gasteiger partial charge is 0.419 e. The van der Waals surface area contributed by atoms with Crippen LogP contribution in [0.1, 0.15) is 18.1 Å². The average Bonchev–Trinajstić information content (AvgIpc) is 2.61. The maximum absolute atomic E-state index is 14.2. The predicted molar refractivity (Wildman–Crippen MR) is 101 cm³/mol. The molecule has 0 bridgehead atoms. The van der Waals surface area contributed by atoms with Gasteiger partial charge in [0.2, 0.25) is 0 Å². The summed E-state index contributed by atoms with van der Waals surface area (Å²) in [6.07, 6.45) is -4.78. The van der Waals surface area contributed by atoms with Crippen LogP contribution in [0.2, 0.25) is 0 Å². The van der Waals surface area contributed by atoms with Gasteiger partial charge in [-0.05, 0) is 24.6 Å². The van der Waals surface area contributed by atoms with Crippen molar-refractivity contribution < 1.29 is 17.6 Å². The zero-order valence-electron chi connectivity index (χ0n) is 15.5. The topological polar surface area (TPSA) is 44.9 Å². The predicted octanol–water partition coefficient (Wildman–Crippen LogP) is 4.00. The van der Waals surface area contributed by atoms with Gasteiger partial charge in [0.25, 0.3) is 0 Å². The van der Waals surface area contributed by atoms with Crippen molar-refractivity contribution in [2.75, 3.05) is 19.6 Å². The van der Waals surface area contributed by atoms with E-state index in [0.717, 1.165) is 25.7 Å². The van der Waals surface area contributed by atoms with Gasteiger partial charge in [-0.3, -0.25) is 4.90 Å². The van der Waals surface area contributed by atoms with Gasteiger partial charge in [-0.15, -0.1) is 0 Å². The van der Waals surface area contributed by atoms with E-state index in [1.54, 1.807) is 4.90 Å². The molecule has 1 saturated heterocycles. The van der Waals surface area contributed by atoms with Crippen LogP contribution in [0.4, 0.5) is 23.2 Å². The second kappa shape index (κ2) is 8.18. The Balaban J connectivity index is 1.69. The van der Waals surface area contributed by atoms with Crippen molar-refractivity contribution in [3.8, 4) is 0 Å². The molecule has 1 aliphatic heterocycles. The van der Waals surface area contributed by atoms with Gasteiger partial charge < -0.3 is 10.6 Å². The monoisotopic (exact) mass is 394 g/mol. The number of likely N-dealkylation sites (tertiary alicyclic amines) is 1. The fourth-order valence-electron chi connectivity index (χ4n) is 3.33. The van der Waals surface area contributed by atoms with E-state index in [-0.39, 0.29) is 12.0 Å². The highest BCUT2D eigenvalue weighted by Gasteiger charge is 2.35. The van der Waals surface area contributed by atoms with Crippen molar-refractivity contribution in [3.05, 3.63) is 65.5 Å². The van der Waals surface area contributed by atoms with E-state index in [1.807, 2.05) is 25.1 Å². The van der Waals surface area contributed by atoms with Crippen LogP contribution in [0.25, 0.3) is 0 Å². The molecule has 1 aliphatic rings. The normalized spacial score (nSPS) is 16.1. The fourth-order valence-corrected chi connectivity index (χ4v) is 3.33. The Bertz CT molecular complexity index is 830. The Morgan fingerprint density at radius 3 is 2.43 bits per heavy atom. The molecule has 0 spiro atoms. The quantitative estimate of drug-likeness (QED) is 0.474. The molecule has 0 unspecified atom stereocenters. The molecule has 4 nitrogen and oxygen atoms in total.